The lowest BCUT2D eigenvalue weighted by molar-refractivity contribution is -0.129. The van der Waals surface area contributed by atoms with Crippen molar-refractivity contribution < 1.29 is 15.0 Å². The molecule has 0 aromatic heterocycles. The van der Waals surface area contributed by atoms with Crippen molar-refractivity contribution in [1.29, 1.82) is 0 Å². The molecule has 1 aliphatic carbocycles. The van der Waals surface area contributed by atoms with Gasteiger partial charge in [0, 0.05) is 24.0 Å². The third-order valence-electron chi connectivity index (χ3n) is 6.02. The van der Waals surface area contributed by atoms with Gasteiger partial charge >= 0.3 is 0 Å². The summed E-state index contributed by atoms with van der Waals surface area (Å²) < 4.78 is 0. The summed E-state index contributed by atoms with van der Waals surface area (Å²) in [5.74, 6) is -0.421. The molecule has 4 N–H and O–H groups in total. The van der Waals surface area contributed by atoms with Gasteiger partial charge in [-0.1, -0.05) is 36.4 Å². The molecule has 0 unspecified atom stereocenters. The Kier molecular flexibility index (Phi) is 6.74. The highest BCUT2D eigenvalue weighted by molar-refractivity contribution is 8.15. The topological polar surface area (TPSA) is 97.2 Å². The minimum absolute atomic E-state index is 0.0494. The summed E-state index contributed by atoms with van der Waals surface area (Å²) in [6.07, 6.45) is 2.14. The molecule has 0 radical (unpaired) electrons. The molecule has 3 aliphatic rings. The number of likely N-dealkylation sites (tertiary alicyclic amines) is 1. The maximum atomic E-state index is 12.9. The largest absolute Gasteiger partial charge is 0.390 e. The highest BCUT2D eigenvalue weighted by Gasteiger charge is 2.50. The normalized spacial score (nSPS) is 32.3. The van der Waals surface area contributed by atoms with E-state index in [2.05, 4.69) is 20.5 Å². The zero-order valence-corrected chi connectivity index (χ0v) is 17.4. The number of hydrogen-bond acceptors (Lipinski definition) is 7. The molecule has 1 aromatic carbocycles. The summed E-state index contributed by atoms with van der Waals surface area (Å²) in [6.45, 7) is 3.69. The van der Waals surface area contributed by atoms with E-state index in [1.54, 1.807) is 0 Å². The number of carbonyl (C=O) groups is 1. The van der Waals surface area contributed by atoms with Gasteiger partial charge in [-0.3, -0.25) is 9.79 Å². The number of piperidine rings is 1. The first kappa shape index (κ1) is 20.7. The third kappa shape index (κ3) is 4.94. The summed E-state index contributed by atoms with van der Waals surface area (Å²) in [4.78, 5) is 19.9. The van der Waals surface area contributed by atoms with Crippen LogP contribution in [0.2, 0.25) is 0 Å². The molecular weight excluding hydrogens is 388 g/mol. The number of rotatable bonds is 5. The number of thioether (sulfide) groups is 1. The van der Waals surface area contributed by atoms with Gasteiger partial charge in [-0.2, -0.15) is 0 Å². The van der Waals surface area contributed by atoms with Crippen molar-refractivity contribution >= 4 is 28.5 Å². The zero-order chi connectivity index (χ0) is 20.2. The first-order valence-corrected chi connectivity index (χ1v) is 11.4. The Morgan fingerprint density at radius 2 is 1.93 bits per heavy atom. The molecule has 158 valence electrons. The maximum absolute atomic E-state index is 12.9. The number of fused-ring (bicyclic) bond motifs is 1. The number of aliphatic hydroxyl groups excluding tert-OH is 2. The number of benzene rings is 1. The Morgan fingerprint density at radius 1 is 1.17 bits per heavy atom. The number of para-hydroxylation sites is 1. The van der Waals surface area contributed by atoms with E-state index in [9.17, 15) is 15.0 Å². The minimum Gasteiger partial charge on any atom is -0.390 e. The van der Waals surface area contributed by atoms with Crippen LogP contribution in [0, 0.1) is 5.92 Å². The van der Waals surface area contributed by atoms with Gasteiger partial charge in [-0.05, 0) is 44.5 Å². The molecule has 8 heteroatoms. The summed E-state index contributed by atoms with van der Waals surface area (Å²) in [5.41, 5.74) is 0.912. The lowest BCUT2D eigenvalue weighted by Crippen LogP contribution is -2.54. The SMILES string of the molecule is O=C(NCCN1CCCCC1)[C@H]1C[C@@H](O)[C@H](O)[C@@H]2N=C(Nc3ccccc3)S[C@@H]21. The third-order valence-corrected chi connectivity index (χ3v) is 7.33. The number of nitrogens with one attached hydrogen (secondary N) is 2. The van der Waals surface area contributed by atoms with Crippen molar-refractivity contribution in [2.45, 2.75) is 49.2 Å². The first-order chi connectivity index (χ1) is 14.1. The summed E-state index contributed by atoms with van der Waals surface area (Å²) >= 11 is 1.49. The molecule has 5 atom stereocenters. The van der Waals surface area contributed by atoms with Crippen LogP contribution in [0.1, 0.15) is 25.7 Å². The van der Waals surface area contributed by atoms with Crippen molar-refractivity contribution in [3.05, 3.63) is 30.3 Å². The van der Waals surface area contributed by atoms with E-state index in [0.29, 0.717) is 11.7 Å². The standard InChI is InChI=1S/C21H30N4O3S/c26-16-13-15(20(28)22-9-12-25-10-5-2-6-11-25)19-17(18(16)27)24-21(29-19)23-14-7-3-1-4-8-14/h1,3-4,7-8,15-19,26-27H,2,5-6,9-13H2,(H,22,28)(H,23,24)/t15-,16+,17-,18-,19+/m0/s1. The van der Waals surface area contributed by atoms with Crippen LogP contribution in [0.5, 0.6) is 0 Å². The Labute approximate surface area is 176 Å². The van der Waals surface area contributed by atoms with Crippen molar-refractivity contribution in [3.8, 4) is 0 Å². The number of aliphatic imine (C=N–C) groups is 1. The lowest BCUT2D eigenvalue weighted by Gasteiger charge is -2.37. The molecule has 4 rings (SSSR count). The van der Waals surface area contributed by atoms with E-state index < -0.39 is 18.2 Å². The van der Waals surface area contributed by atoms with Gasteiger partial charge in [0.25, 0.3) is 0 Å². The second-order valence-corrected chi connectivity index (χ2v) is 9.26. The number of hydrogen-bond donors (Lipinski definition) is 4. The fraction of sp³-hybridized carbons (Fsp3) is 0.619. The van der Waals surface area contributed by atoms with Crippen LogP contribution in [0.3, 0.4) is 0 Å². The van der Waals surface area contributed by atoms with Crippen molar-refractivity contribution in [2.75, 3.05) is 31.5 Å². The van der Waals surface area contributed by atoms with Crippen LogP contribution in [0.15, 0.2) is 35.3 Å². The maximum Gasteiger partial charge on any atom is 0.224 e. The van der Waals surface area contributed by atoms with Gasteiger partial charge < -0.3 is 25.7 Å². The van der Waals surface area contributed by atoms with E-state index in [1.165, 1.54) is 31.0 Å². The van der Waals surface area contributed by atoms with E-state index in [4.69, 9.17) is 0 Å². The summed E-state index contributed by atoms with van der Waals surface area (Å²) in [5, 5.41) is 27.6. The molecule has 1 saturated carbocycles. The molecular formula is C21H30N4O3S. The Bertz CT molecular complexity index is 726. The smallest absolute Gasteiger partial charge is 0.224 e. The highest BCUT2D eigenvalue weighted by Crippen LogP contribution is 2.41. The van der Waals surface area contributed by atoms with E-state index >= 15 is 0 Å². The van der Waals surface area contributed by atoms with E-state index in [-0.39, 0.29) is 23.5 Å². The molecule has 2 fully saturated rings. The zero-order valence-electron chi connectivity index (χ0n) is 16.5. The minimum atomic E-state index is -0.944. The van der Waals surface area contributed by atoms with Crippen LogP contribution < -0.4 is 10.6 Å². The number of anilines is 1. The molecule has 2 heterocycles. The molecule has 1 saturated heterocycles. The molecule has 1 aromatic rings. The van der Waals surface area contributed by atoms with Gasteiger partial charge in [0.2, 0.25) is 5.91 Å². The molecule has 29 heavy (non-hydrogen) atoms. The van der Waals surface area contributed by atoms with Gasteiger partial charge in [0.1, 0.15) is 6.10 Å². The Balaban J connectivity index is 1.36. The highest BCUT2D eigenvalue weighted by atomic mass is 32.2. The number of carbonyl (C=O) groups excluding carboxylic acids is 1. The van der Waals surface area contributed by atoms with Gasteiger partial charge in [-0.15, -0.1) is 0 Å². The second kappa shape index (κ2) is 9.47. The van der Waals surface area contributed by atoms with Crippen LogP contribution >= 0.6 is 11.8 Å². The number of aliphatic hydroxyl groups is 2. The average Bonchev–Trinajstić information content (AvgIpc) is 3.16. The fourth-order valence-corrected chi connectivity index (χ4v) is 5.78. The van der Waals surface area contributed by atoms with Crippen molar-refractivity contribution in [2.24, 2.45) is 10.9 Å². The average molecular weight is 419 g/mol. The van der Waals surface area contributed by atoms with Gasteiger partial charge in [0.05, 0.1) is 18.1 Å². The van der Waals surface area contributed by atoms with Crippen LogP contribution in [0.25, 0.3) is 0 Å². The summed E-state index contributed by atoms with van der Waals surface area (Å²) in [7, 11) is 0. The number of amides is 1. The lowest BCUT2D eigenvalue weighted by atomic mass is 9.81. The van der Waals surface area contributed by atoms with Crippen LogP contribution in [-0.4, -0.2) is 75.9 Å². The Hall–Kier alpha value is -1.61. The summed E-state index contributed by atoms with van der Waals surface area (Å²) in [6, 6.07) is 9.23. The number of amidine groups is 1. The molecule has 0 bridgehead atoms. The van der Waals surface area contributed by atoms with Gasteiger partial charge in [-0.25, -0.2) is 0 Å². The predicted octanol–water partition coefficient (Wildman–Crippen LogP) is 1.28. The monoisotopic (exact) mass is 418 g/mol. The van der Waals surface area contributed by atoms with Crippen molar-refractivity contribution in [1.82, 2.24) is 10.2 Å². The first-order valence-electron chi connectivity index (χ1n) is 10.5. The molecule has 2 aliphatic heterocycles. The quantitative estimate of drug-likeness (QED) is 0.575. The number of nitrogens with zero attached hydrogens (tertiary/aromatic N) is 2. The second-order valence-electron chi connectivity index (χ2n) is 8.09. The molecule has 0 spiro atoms. The van der Waals surface area contributed by atoms with Gasteiger partial charge in [0.15, 0.2) is 5.17 Å². The predicted molar refractivity (Wildman–Crippen MR) is 116 cm³/mol. The fourth-order valence-electron chi connectivity index (χ4n) is 4.40. The van der Waals surface area contributed by atoms with E-state index in [1.807, 2.05) is 30.3 Å². The molecule has 1 amide bonds. The molecule has 7 nitrogen and oxygen atoms in total. The van der Waals surface area contributed by atoms with E-state index in [0.717, 1.165) is 25.3 Å². The van der Waals surface area contributed by atoms with Crippen LogP contribution in [0.4, 0.5) is 5.69 Å². The van der Waals surface area contributed by atoms with Crippen molar-refractivity contribution in [3.63, 3.8) is 0 Å². The Morgan fingerprint density at radius 3 is 2.69 bits per heavy atom. The van der Waals surface area contributed by atoms with Crippen LogP contribution in [-0.2, 0) is 4.79 Å².